The Labute approximate surface area is 127 Å². The first kappa shape index (κ1) is 15.0. The van der Waals surface area contributed by atoms with Gasteiger partial charge in [-0.3, -0.25) is 4.79 Å². The second-order valence-electron chi connectivity index (χ2n) is 5.61. The van der Waals surface area contributed by atoms with Gasteiger partial charge < -0.3 is 11.1 Å². The van der Waals surface area contributed by atoms with Crippen molar-refractivity contribution in [2.24, 2.45) is 11.7 Å². The quantitative estimate of drug-likeness (QED) is 0.871. The number of amides is 1. The van der Waals surface area contributed by atoms with Crippen LogP contribution in [0, 0.1) is 17.2 Å². The monoisotopic (exact) mass is 335 g/mol. The first-order chi connectivity index (χ1) is 9.44. The third-order valence-electron chi connectivity index (χ3n) is 3.84. The third kappa shape index (κ3) is 3.20. The molecule has 0 bridgehead atoms. The van der Waals surface area contributed by atoms with Crippen LogP contribution in [0.2, 0.25) is 0 Å². The van der Waals surface area contributed by atoms with Crippen molar-refractivity contribution in [3.05, 3.63) is 28.2 Å². The summed E-state index contributed by atoms with van der Waals surface area (Å²) < 4.78 is 0.815. The molecule has 1 aromatic carbocycles. The fourth-order valence-corrected chi connectivity index (χ4v) is 3.12. The largest absolute Gasteiger partial charge is 0.323 e. The molecule has 2 atom stereocenters. The van der Waals surface area contributed by atoms with Crippen molar-refractivity contribution in [3.8, 4) is 6.07 Å². The van der Waals surface area contributed by atoms with Crippen LogP contribution in [0.5, 0.6) is 0 Å². The minimum atomic E-state index is -0.827. The SMILES string of the molecule is CC1CCCC(N)(C(=O)Nc2cc(Br)ccc2C#N)C1. The van der Waals surface area contributed by atoms with Crippen LogP contribution < -0.4 is 11.1 Å². The molecule has 5 heteroatoms. The van der Waals surface area contributed by atoms with Gasteiger partial charge in [-0.1, -0.05) is 35.7 Å². The summed E-state index contributed by atoms with van der Waals surface area (Å²) in [5, 5.41) is 11.9. The molecule has 106 valence electrons. The van der Waals surface area contributed by atoms with Crippen molar-refractivity contribution in [1.29, 1.82) is 5.26 Å². The lowest BCUT2D eigenvalue weighted by Gasteiger charge is -2.35. The van der Waals surface area contributed by atoms with Crippen LogP contribution in [0.4, 0.5) is 5.69 Å². The summed E-state index contributed by atoms with van der Waals surface area (Å²) in [6.45, 7) is 2.12. The molecule has 1 aromatic rings. The maximum absolute atomic E-state index is 12.5. The average molecular weight is 336 g/mol. The Bertz CT molecular complexity index is 567. The van der Waals surface area contributed by atoms with E-state index in [4.69, 9.17) is 11.0 Å². The van der Waals surface area contributed by atoms with E-state index in [1.165, 1.54) is 0 Å². The maximum Gasteiger partial charge on any atom is 0.244 e. The molecule has 2 unspecified atom stereocenters. The molecule has 0 aromatic heterocycles. The number of carbonyl (C=O) groups excluding carboxylic acids is 1. The second-order valence-corrected chi connectivity index (χ2v) is 6.53. The number of nitrogens with one attached hydrogen (secondary N) is 1. The number of anilines is 1. The fourth-order valence-electron chi connectivity index (χ4n) is 2.76. The molecule has 2 rings (SSSR count). The Morgan fingerprint density at radius 1 is 1.60 bits per heavy atom. The highest BCUT2D eigenvalue weighted by Crippen LogP contribution is 2.32. The van der Waals surface area contributed by atoms with E-state index in [-0.39, 0.29) is 5.91 Å². The van der Waals surface area contributed by atoms with Crippen molar-refractivity contribution >= 4 is 27.5 Å². The van der Waals surface area contributed by atoms with Gasteiger partial charge in [-0.2, -0.15) is 5.26 Å². The highest BCUT2D eigenvalue weighted by Gasteiger charge is 2.38. The van der Waals surface area contributed by atoms with Crippen LogP contribution >= 0.6 is 15.9 Å². The summed E-state index contributed by atoms with van der Waals surface area (Å²) in [4.78, 5) is 12.5. The molecule has 1 aliphatic carbocycles. The van der Waals surface area contributed by atoms with Crippen molar-refractivity contribution in [3.63, 3.8) is 0 Å². The zero-order valence-electron chi connectivity index (χ0n) is 11.4. The number of carbonyl (C=O) groups is 1. The van der Waals surface area contributed by atoms with Crippen LogP contribution in [0.15, 0.2) is 22.7 Å². The zero-order valence-corrected chi connectivity index (χ0v) is 13.0. The summed E-state index contributed by atoms with van der Waals surface area (Å²) in [7, 11) is 0. The molecule has 3 N–H and O–H groups in total. The van der Waals surface area contributed by atoms with E-state index in [1.807, 2.05) is 0 Å². The lowest BCUT2D eigenvalue weighted by molar-refractivity contribution is -0.122. The molecule has 1 aliphatic rings. The first-order valence-electron chi connectivity index (χ1n) is 6.74. The lowest BCUT2D eigenvalue weighted by atomic mass is 9.76. The molecule has 1 saturated carbocycles. The predicted molar refractivity (Wildman–Crippen MR) is 82.0 cm³/mol. The Balaban J connectivity index is 2.19. The summed E-state index contributed by atoms with van der Waals surface area (Å²) in [6, 6.07) is 7.25. The van der Waals surface area contributed by atoms with Gasteiger partial charge >= 0.3 is 0 Å². The number of hydrogen-bond acceptors (Lipinski definition) is 3. The number of halogens is 1. The van der Waals surface area contributed by atoms with E-state index in [9.17, 15) is 4.79 Å². The van der Waals surface area contributed by atoms with Crippen molar-refractivity contribution in [2.75, 3.05) is 5.32 Å². The minimum Gasteiger partial charge on any atom is -0.323 e. The number of rotatable bonds is 2. The van der Waals surface area contributed by atoms with Crippen LogP contribution in [0.3, 0.4) is 0 Å². The molecule has 0 radical (unpaired) electrons. The van der Waals surface area contributed by atoms with Crippen LogP contribution in [0.1, 0.15) is 38.2 Å². The van der Waals surface area contributed by atoms with Gasteiger partial charge in [-0.15, -0.1) is 0 Å². The first-order valence-corrected chi connectivity index (χ1v) is 7.54. The van der Waals surface area contributed by atoms with E-state index >= 15 is 0 Å². The van der Waals surface area contributed by atoms with Crippen LogP contribution in [-0.4, -0.2) is 11.4 Å². The molecule has 0 saturated heterocycles. The van der Waals surface area contributed by atoms with Crippen molar-refractivity contribution < 1.29 is 4.79 Å². The molecule has 20 heavy (non-hydrogen) atoms. The topological polar surface area (TPSA) is 78.9 Å². The number of benzene rings is 1. The maximum atomic E-state index is 12.5. The molecule has 1 amide bonds. The highest BCUT2D eigenvalue weighted by molar-refractivity contribution is 9.10. The summed E-state index contributed by atoms with van der Waals surface area (Å²) >= 11 is 3.34. The van der Waals surface area contributed by atoms with Crippen molar-refractivity contribution in [1.82, 2.24) is 0 Å². The smallest absolute Gasteiger partial charge is 0.244 e. The minimum absolute atomic E-state index is 0.196. The van der Waals surface area contributed by atoms with Gasteiger partial charge in [0, 0.05) is 4.47 Å². The normalized spacial score (nSPS) is 25.8. The molecule has 0 spiro atoms. The van der Waals surface area contributed by atoms with Gasteiger partial charge in [0.05, 0.1) is 16.8 Å². The third-order valence-corrected chi connectivity index (χ3v) is 4.33. The predicted octanol–water partition coefficient (Wildman–Crippen LogP) is 3.17. The van der Waals surface area contributed by atoms with Gasteiger partial charge in [-0.05, 0) is 37.0 Å². The Morgan fingerprint density at radius 2 is 2.35 bits per heavy atom. The average Bonchev–Trinajstić information content (AvgIpc) is 2.38. The Hall–Kier alpha value is -1.38. The molecular formula is C15H18BrN3O. The van der Waals surface area contributed by atoms with Gasteiger partial charge in [0.1, 0.15) is 6.07 Å². The number of hydrogen-bond donors (Lipinski definition) is 2. The molecule has 1 fully saturated rings. The number of nitrogens with two attached hydrogens (primary N) is 1. The molecule has 0 heterocycles. The van der Waals surface area contributed by atoms with E-state index in [0.717, 1.165) is 17.3 Å². The lowest BCUT2D eigenvalue weighted by Crippen LogP contribution is -2.53. The molecule has 4 nitrogen and oxygen atoms in total. The van der Waals surface area contributed by atoms with Gasteiger partial charge in [0.15, 0.2) is 0 Å². The number of nitrogens with zero attached hydrogens (tertiary/aromatic N) is 1. The van der Waals surface area contributed by atoms with Crippen LogP contribution in [0.25, 0.3) is 0 Å². The second kappa shape index (κ2) is 5.94. The van der Waals surface area contributed by atoms with E-state index in [0.29, 0.717) is 30.0 Å². The van der Waals surface area contributed by atoms with E-state index in [2.05, 4.69) is 34.2 Å². The van der Waals surface area contributed by atoms with Gasteiger partial charge in [0.25, 0.3) is 0 Å². The standard InChI is InChI=1S/C15H18BrN3O/c1-10-3-2-6-15(18,8-10)14(20)19-13-7-12(16)5-4-11(13)9-17/h4-5,7,10H,2-3,6,8,18H2,1H3,(H,19,20). The van der Waals surface area contributed by atoms with E-state index < -0.39 is 5.54 Å². The van der Waals surface area contributed by atoms with Gasteiger partial charge in [0.2, 0.25) is 5.91 Å². The number of nitriles is 1. The van der Waals surface area contributed by atoms with Gasteiger partial charge in [-0.25, -0.2) is 0 Å². The van der Waals surface area contributed by atoms with Crippen LogP contribution in [-0.2, 0) is 4.79 Å². The summed E-state index contributed by atoms with van der Waals surface area (Å²) in [5.41, 5.74) is 6.39. The van der Waals surface area contributed by atoms with E-state index in [1.54, 1.807) is 18.2 Å². The Morgan fingerprint density at radius 3 is 3.00 bits per heavy atom. The molecular weight excluding hydrogens is 318 g/mol. The van der Waals surface area contributed by atoms with Crippen molar-refractivity contribution in [2.45, 2.75) is 38.1 Å². The summed E-state index contributed by atoms with van der Waals surface area (Å²) in [6.07, 6.45) is 3.47. The zero-order chi connectivity index (χ0) is 14.8. The molecule has 0 aliphatic heterocycles. The Kier molecular flexibility index (Phi) is 4.46. The summed E-state index contributed by atoms with van der Waals surface area (Å²) in [5.74, 6) is 0.260. The highest BCUT2D eigenvalue weighted by atomic mass is 79.9. The fraction of sp³-hybridized carbons (Fsp3) is 0.467.